The standard InChI is InChI=1S/C26H29ClN4O/c1-20-2-7-25(31(20)17-22-5-3-21(16-28)4-6-22)18-30-12-9-26(19-32,10-13-30)15-24-14-23(27)8-11-29-24/h2-8,11,14,32H,9-10,12-13,15,17-19H2,1H3. The zero-order valence-corrected chi connectivity index (χ0v) is 19.2. The third-order valence-corrected chi connectivity index (χ3v) is 6.92. The van der Waals surface area contributed by atoms with Gasteiger partial charge in [-0.3, -0.25) is 9.88 Å². The molecule has 1 aromatic carbocycles. The van der Waals surface area contributed by atoms with Gasteiger partial charge in [0.2, 0.25) is 0 Å². The van der Waals surface area contributed by atoms with E-state index in [0.717, 1.165) is 51.1 Å². The van der Waals surface area contributed by atoms with Crippen LogP contribution in [0.1, 0.15) is 41.1 Å². The summed E-state index contributed by atoms with van der Waals surface area (Å²) in [7, 11) is 0. The molecule has 6 heteroatoms. The monoisotopic (exact) mass is 448 g/mol. The van der Waals surface area contributed by atoms with Crippen LogP contribution in [-0.2, 0) is 19.5 Å². The molecule has 0 spiro atoms. The Morgan fingerprint density at radius 3 is 2.50 bits per heavy atom. The van der Waals surface area contributed by atoms with Gasteiger partial charge in [-0.2, -0.15) is 5.26 Å². The third-order valence-electron chi connectivity index (χ3n) is 6.69. The molecule has 1 saturated heterocycles. The number of rotatable bonds is 7. The largest absolute Gasteiger partial charge is 0.396 e. The Bertz CT molecular complexity index is 1090. The van der Waals surface area contributed by atoms with Gasteiger partial charge in [0.1, 0.15) is 0 Å². The summed E-state index contributed by atoms with van der Waals surface area (Å²) >= 11 is 6.13. The van der Waals surface area contributed by atoms with E-state index in [4.69, 9.17) is 16.9 Å². The molecule has 32 heavy (non-hydrogen) atoms. The van der Waals surface area contributed by atoms with Crippen molar-refractivity contribution in [3.8, 4) is 6.07 Å². The van der Waals surface area contributed by atoms with Gasteiger partial charge in [-0.05, 0) is 81.2 Å². The van der Waals surface area contributed by atoms with Crippen molar-refractivity contribution in [3.05, 3.63) is 88.0 Å². The molecule has 0 radical (unpaired) electrons. The minimum Gasteiger partial charge on any atom is -0.396 e. The Morgan fingerprint density at radius 1 is 1.09 bits per heavy atom. The Labute approximate surface area is 194 Å². The lowest BCUT2D eigenvalue weighted by molar-refractivity contribution is 0.0399. The topological polar surface area (TPSA) is 65.1 Å². The highest BCUT2D eigenvalue weighted by molar-refractivity contribution is 6.30. The summed E-state index contributed by atoms with van der Waals surface area (Å²) in [5.41, 5.74) is 5.22. The van der Waals surface area contributed by atoms with Crippen LogP contribution in [0.25, 0.3) is 0 Å². The van der Waals surface area contributed by atoms with Gasteiger partial charge in [-0.1, -0.05) is 23.7 Å². The zero-order chi connectivity index (χ0) is 22.6. The number of aliphatic hydroxyl groups excluding tert-OH is 1. The van der Waals surface area contributed by atoms with Crippen molar-refractivity contribution in [2.24, 2.45) is 5.41 Å². The molecule has 1 N–H and O–H groups in total. The zero-order valence-electron chi connectivity index (χ0n) is 18.5. The number of likely N-dealkylation sites (tertiary alicyclic amines) is 1. The first-order chi connectivity index (χ1) is 15.5. The summed E-state index contributed by atoms with van der Waals surface area (Å²) in [5, 5.41) is 19.9. The number of piperidine rings is 1. The number of hydrogen-bond acceptors (Lipinski definition) is 4. The average Bonchev–Trinajstić information content (AvgIpc) is 3.14. The number of nitriles is 1. The molecule has 1 aliphatic rings. The smallest absolute Gasteiger partial charge is 0.0991 e. The maximum absolute atomic E-state index is 10.2. The van der Waals surface area contributed by atoms with Gasteiger partial charge in [0.25, 0.3) is 0 Å². The van der Waals surface area contributed by atoms with Crippen molar-refractivity contribution in [1.82, 2.24) is 14.5 Å². The quantitative estimate of drug-likeness (QED) is 0.574. The van der Waals surface area contributed by atoms with Crippen molar-refractivity contribution in [3.63, 3.8) is 0 Å². The van der Waals surface area contributed by atoms with Crippen LogP contribution in [0.15, 0.2) is 54.7 Å². The summed E-state index contributed by atoms with van der Waals surface area (Å²) in [6.07, 6.45) is 4.37. The van der Waals surface area contributed by atoms with Crippen molar-refractivity contribution in [1.29, 1.82) is 5.26 Å². The lowest BCUT2D eigenvalue weighted by Crippen LogP contribution is -2.43. The van der Waals surface area contributed by atoms with E-state index in [2.05, 4.69) is 39.6 Å². The van der Waals surface area contributed by atoms with Crippen molar-refractivity contribution in [2.45, 2.75) is 39.3 Å². The van der Waals surface area contributed by atoms with Crippen LogP contribution in [0.2, 0.25) is 5.02 Å². The highest BCUT2D eigenvalue weighted by Crippen LogP contribution is 2.35. The molecule has 4 rings (SSSR count). The lowest BCUT2D eigenvalue weighted by Gasteiger charge is -2.40. The highest BCUT2D eigenvalue weighted by Gasteiger charge is 2.35. The van der Waals surface area contributed by atoms with Crippen LogP contribution in [0, 0.1) is 23.7 Å². The minimum absolute atomic E-state index is 0.130. The molecule has 0 bridgehead atoms. The molecule has 0 atom stereocenters. The molecule has 0 amide bonds. The molecule has 1 fully saturated rings. The fourth-order valence-electron chi connectivity index (χ4n) is 4.59. The number of aliphatic hydroxyl groups is 1. The van der Waals surface area contributed by atoms with E-state index in [1.807, 2.05) is 30.3 Å². The Morgan fingerprint density at radius 2 is 1.84 bits per heavy atom. The van der Waals surface area contributed by atoms with Crippen molar-refractivity contribution in [2.75, 3.05) is 19.7 Å². The van der Waals surface area contributed by atoms with Crippen molar-refractivity contribution < 1.29 is 5.11 Å². The second-order valence-corrected chi connectivity index (χ2v) is 9.37. The van der Waals surface area contributed by atoms with E-state index in [9.17, 15) is 5.11 Å². The van der Waals surface area contributed by atoms with E-state index in [-0.39, 0.29) is 12.0 Å². The lowest BCUT2D eigenvalue weighted by atomic mass is 9.75. The molecule has 3 heterocycles. The highest BCUT2D eigenvalue weighted by atomic mass is 35.5. The summed E-state index contributed by atoms with van der Waals surface area (Å²) in [5.74, 6) is 0. The number of nitrogens with zero attached hydrogens (tertiary/aromatic N) is 4. The Kier molecular flexibility index (Phi) is 6.95. The van der Waals surface area contributed by atoms with Gasteiger partial charge in [0.15, 0.2) is 0 Å². The molecule has 0 saturated carbocycles. The molecule has 2 aromatic heterocycles. The SMILES string of the molecule is Cc1ccc(CN2CCC(CO)(Cc3cc(Cl)ccn3)CC2)n1Cc1ccc(C#N)cc1. The maximum Gasteiger partial charge on any atom is 0.0991 e. The predicted molar refractivity (Wildman–Crippen MR) is 126 cm³/mol. The molecule has 1 aliphatic heterocycles. The Hall–Kier alpha value is -2.65. The van der Waals surface area contributed by atoms with Gasteiger partial charge in [0.05, 0.1) is 11.6 Å². The summed E-state index contributed by atoms with van der Waals surface area (Å²) in [6.45, 7) is 5.89. The van der Waals surface area contributed by atoms with Gasteiger partial charge in [-0.25, -0.2) is 0 Å². The number of aryl methyl sites for hydroxylation is 1. The second kappa shape index (κ2) is 9.87. The van der Waals surface area contributed by atoms with Crippen LogP contribution in [0.5, 0.6) is 0 Å². The van der Waals surface area contributed by atoms with Crippen LogP contribution in [-0.4, -0.2) is 39.3 Å². The minimum atomic E-state index is -0.130. The second-order valence-electron chi connectivity index (χ2n) is 8.94. The van der Waals surface area contributed by atoms with Crippen LogP contribution >= 0.6 is 11.6 Å². The van der Waals surface area contributed by atoms with Crippen molar-refractivity contribution >= 4 is 11.6 Å². The van der Waals surface area contributed by atoms with E-state index in [1.165, 1.54) is 17.0 Å². The maximum atomic E-state index is 10.2. The van der Waals surface area contributed by atoms with E-state index in [1.54, 1.807) is 12.3 Å². The van der Waals surface area contributed by atoms with E-state index >= 15 is 0 Å². The molecular formula is C26H29ClN4O. The Balaban J connectivity index is 1.40. The van der Waals surface area contributed by atoms with E-state index in [0.29, 0.717) is 10.6 Å². The first-order valence-corrected chi connectivity index (χ1v) is 11.5. The first kappa shape index (κ1) is 22.5. The summed E-state index contributed by atoms with van der Waals surface area (Å²) in [4.78, 5) is 6.92. The number of pyridine rings is 1. The molecule has 166 valence electrons. The third kappa shape index (κ3) is 5.21. The fraction of sp³-hybridized carbons (Fsp3) is 0.385. The molecular weight excluding hydrogens is 420 g/mol. The average molecular weight is 449 g/mol. The molecule has 0 aliphatic carbocycles. The number of benzene rings is 1. The first-order valence-electron chi connectivity index (χ1n) is 11.1. The number of halogens is 1. The molecule has 5 nitrogen and oxygen atoms in total. The van der Waals surface area contributed by atoms with Gasteiger partial charge >= 0.3 is 0 Å². The molecule has 3 aromatic rings. The summed E-state index contributed by atoms with van der Waals surface area (Å²) in [6, 6.07) is 18.1. The summed E-state index contributed by atoms with van der Waals surface area (Å²) < 4.78 is 2.35. The number of hydrogen-bond donors (Lipinski definition) is 1. The van der Waals surface area contributed by atoms with Crippen LogP contribution in [0.3, 0.4) is 0 Å². The van der Waals surface area contributed by atoms with Crippen LogP contribution in [0.4, 0.5) is 0 Å². The predicted octanol–water partition coefficient (Wildman–Crippen LogP) is 4.58. The number of aromatic nitrogens is 2. The fourth-order valence-corrected chi connectivity index (χ4v) is 4.77. The molecule has 0 unspecified atom stereocenters. The van der Waals surface area contributed by atoms with Gasteiger partial charge in [-0.15, -0.1) is 0 Å². The van der Waals surface area contributed by atoms with Gasteiger partial charge < -0.3 is 9.67 Å². The van der Waals surface area contributed by atoms with E-state index < -0.39 is 0 Å². The van der Waals surface area contributed by atoms with Gasteiger partial charge in [0, 0.05) is 53.4 Å². The van der Waals surface area contributed by atoms with Crippen LogP contribution < -0.4 is 0 Å². The normalized spacial score (nSPS) is 16.1.